The molecule has 0 fully saturated rings. The molecule has 102 valence electrons. The molecule has 0 atom stereocenters. The van der Waals surface area contributed by atoms with Gasteiger partial charge in [0.2, 0.25) is 0 Å². The Kier molecular flexibility index (Phi) is 3.01. The zero-order chi connectivity index (χ0) is 14.4. The number of fused-ring (bicyclic) bond motifs is 1. The summed E-state index contributed by atoms with van der Waals surface area (Å²) in [5.41, 5.74) is 5.30. The van der Waals surface area contributed by atoms with Crippen molar-refractivity contribution in [2.24, 2.45) is 0 Å². The van der Waals surface area contributed by atoms with Crippen LogP contribution in [0.15, 0.2) is 40.1 Å². The standard InChI is InChI=1S/C10H9NO6S2/c11-9-4-6-1-2-8(18(12,13)14)3-7(6)5-10(9)19(15,16)17/h1-5H,11H2,(H,12,13,14)(H,15,16,17)/p-1. The van der Waals surface area contributed by atoms with E-state index in [0.29, 0.717) is 5.39 Å². The summed E-state index contributed by atoms with van der Waals surface area (Å²) in [4.78, 5) is -1.04. The maximum atomic E-state index is 11.1. The van der Waals surface area contributed by atoms with Crippen molar-refractivity contribution < 1.29 is 25.9 Å². The summed E-state index contributed by atoms with van der Waals surface area (Å²) in [6.45, 7) is 0. The average molecular weight is 302 g/mol. The van der Waals surface area contributed by atoms with Crippen LogP contribution in [0.5, 0.6) is 0 Å². The van der Waals surface area contributed by atoms with Gasteiger partial charge in [0.05, 0.1) is 10.6 Å². The molecule has 9 heteroatoms. The van der Waals surface area contributed by atoms with Gasteiger partial charge in [-0.25, -0.2) is 8.42 Å². The zero-order valence-electron chi connectivity index (χ0n) is 9.27. The van der Waals surface area contributed by atoms with Gasteiger partial charge in [-0.1, -0.05) is 6.07 Å². The van der Waals surface area contributed by atoms with E-state index in [1.54, 1.807) is 0 Å². The van der Waals surface area contributed by atoms with Crippen molar-refractivity contribution in [2.75, 3.05) is 5.73 Å². The van der Waals surface area contributed by atoms with Gasteiger partial charge in [0, 0.05) is 0 Å². The average Bonchev–Trinajstić information content (AvgIpc) is 2.24. The molecule has 0 aliphatic carbocycles. The Morgan fingerprint density at radius 1 is 1.00 bits per heavy atom. The molecular formula is C10H8NO6S2-. The molecular weight excluding hydrogens is 294 g/mol. The molecule has 0 aliphatic rings. The molecule has 2 aromatic rings. The topological polar surface area (TPSA) is 138 Å². The normalized spacial score (nSPS) is 12.7. The molecule has 2 rings (SSSR count). The van der Waals surface area contributed by atoms with E-state index < -0.39 is 30.0 Å². The number of hydrogen-bond acceptors (Lipinski definition) is 6. The van der Waals surface area contributed by atoms with Gasteiger partial charge in [-0.15, -0.1) is 0 Å². The fourth-order valence-corrected chi connectivity index (χ4v) is 2.79. The van der Waals surface area contributed by atoms with E-state index in [2.05, 4.69) is 0 Å². The third kappa shape index (κ3) is 2.68. The number of benzene rings is 2. The number of rotatable bonds is 2. The van der Waals surface area contributed by atoms with Crippen LogP contribution in [-0.4, -0.2) is 25.9 Å². The highest BCUT2D eigenvalue weighted by atomic mass is 32.2. The van der Waals surface area contributed by atoms with Gasteiger partial charge in [0.1, 0.15) is 15.0 Å². The maximum absolute atomic E-state index is 11.1. The molecule has 0 radical (unpaired) electrons. The highest BCUT2D eigenvalue weighted by molar-refractivity contribution is 7.86. The third-order valence-electron chi connectivity index (χ3n) is 2.51. The quantitative estimate of drug-likeness (QED) is 0.611. The Bertz CT molecular complexity index is 870. The largest absolute Gasteiger partial charge is 0.744 e. The SMILES string of the molecule is Nc1cc2ccc(S(=O)(=O)[O-])cc2cc1S(=O)(=O)O. The molecule has 0 spiro atoms. The number of nitrogens with two attached hydrogens (primary N) is 1. The van der Waals surface area contributed by atoms with E-state index in [4.69, 9.17) is 10.3 Å². The van der Waals surface area contributed by atoms with Crippen LogP contribution in [0.3, 0.4) is 0 Å². The van der Waals surface area contributed by atoms with Crippen molar-refractivity contribution >= 4 is 36.7 Å². The minimum atomic E-state index is -4.65. The summed E-state index contributed by atoms with van der Waals surface area (Å²) in [6, 6.07) is 5.71. The smallest absolute Gasteiger partial charge is 0.296 e. The first-order chi connectivity index (χ1) is 8.59. The fourth-order valence-electron chi connectivity index (χ4n) is 1.65. The Hall–Kier alpha value is -1.68. The Labute approximate surface area is 109 Å². The van der Waals surface area contributed by atoms with E-state index in [9.17, 15) is 21.4 Å². The summed E-state index contributed by atoms with van der Waals surface area (Å²) in [6.07, 6.45) is 0. The second kappa shape index (κ2) is 4.17. The molecule has 0 aromatic heterocycles. The molecule has 0 bridgehead atoms. The van der Waals surface area contributed by atoms with Crippen LogP contribution in [0.1, 0.15) is 0 Å². The van der Waals surface area contributed by atoms with Gasteiger partial charge in [0.15, 0.2) is 0 Å². The van der Waals surface area contributed by atoms with Crippen molar-refractivity contribution in [2.45, 2.75) is 9.79 Å². The van der Waals surface area contributed by atoms with E-state index in [1.807, 2.05) is 0 Å². The van der Waals surface area contributed by atoms with Crippen LogP contribution in [0.4, 0.5) is 5.69 Å². The molecule has 0 heterocycles. The molecule has 7 nitrogen and oxygen atoms in total. The molecule has 0 unspecified atom stereocenters. The van der Waals surface area contributed by atoms with E-state index in [1.165, 1.54) is 12.1 Å². The van der Waals surface area contributed by atoms with Crippen LogP contribution >= 0.6 is 0 Å². The van der Waals surface area contributed by atoms with Gasteiger partial charge in [0.25, 0.3) is 10.1 Å². The Morgan fingerprint density at radius 2 is 1.63 bits per heavy atom. The lowest BCUT2D eigenvalue weighted by Gasteiger charge is -2.09. The van der Waals surface area contributed by atoms with Gasteiger partial charge in [-0.3, -0.25) is 4.55 Å². The molecule has 19 heavy (non-hydrogen) atoms. The molecule has 0 aliphatic heterocycles. The lowest BCUT2D eigenvalue weighted by atomic mass is 10.1. The van der Waals surface area contributed by atoms with Crippen molar-refractivity contribution in [1.82, 2.24) is 0 Å². The van der Waals surface area contributed by atoms with Gasteiger partial charge in [-0.05, 0) is 35.0 Å². The van der Waals surface area contributed by atoms with Crippen molar-refractivity contribution in [3.05, 3.63) is 30.3 Å². The van der Waals surface area contributed by atoms with E-state index in [-0.39, 0.29) is 11.1 Å². The van der Waals surface area contributed by atoms with Crippen LogP contribution < -0.4 is 5.73 Å². The second-order valence-electron chi connectivity index (χ2n) is 3.83. The van der Waals surface area contributed by atoms with Crippen LogP contribution in [0.2, 0.25) is 0 Å². The van der Waals surface area contributed by atoms with E-state index >= 15 is 0 Å². The van der Waals surface area contributed by atoms with Crippen molar-refractivity contribution in [3.63, 3.8) is 0 Å². The summed E-state index contributed by atoms with van der Waals surface area (Å²) in [7, 11) is -9.17. The van der Waals surface area contributed by atoms with Crippen LogP contribution in [0.25, 0.3) is 10.8 Å². The number of anilines is 1. The summed E-state index contributed by atoms with van der Waals surface area (Å²) < 4.78 is 63.8. The highest BCUT2D eigenvalue weighted by Crippen LogP contribution is 2.27. The minimum absolute atomic E-state index is 0.166. The molecule has 0 saturated carbocycles. The highest BCUT2D eigenvalue weighted by Gasteiger charge is 2.15. The van der Waals surface area contributed by atoms with Gasteiger partial charge in [-0.2, -0.15) is 8.42 Å². The molecule has 2 aromatic carbocycles. The van der Waals surface area contributed by atoms with Gasteiger partial charge < -0.3 is 10.3 Å². The fraction of sp³-hybridized carbons (Fsp3) is 0. The first-order valence-corrected chi connectivity index (χ1v) is 7.70. The molecule has 3 N–H and O–H groups in total. The lowest BCUT2D eigenvalue weighted by Crippen LogP contribution is -2.03. The Balaban J connectivity index is 2.83. The predicted octanol–water partition coefficient (Wildman–Crippen LogP) is 0.573. The minimum Gasteiger partial charge on any atom is -0.744 e. The number of hydrogen-bond donors (Lipinski definition) is 2. The predicted molar refractivity (Wildman–Crippen MR) is 66.1 cm³/mol. The lowest BCUT2D eigenvalue weighted by molar-refractivity contribution is 0.463. The summed E-state index contributed by atoms with van der Waals surface area (Å²) >= 11 is 0. The monoisotopic (exact) mass is 302 g/mol. The maximum Gasteiger partial charge on any atom is 0.296 e. The molecule has 0 amide bonds. The number of nitrogen functional groups attached to an aromatic ring is 1. The second-order valence-corrected chi connectivity index (χ2v) is 6.60. The van der Waals surface area contributed by atoms with Crippen molar-refractivity contribution in [3.8, 4) is 0 Å². The molecule has 0 saturated heterocycles. The van der Waals surface area contributed by atoms with Crippen molar-refractivity contribution in [1.29, 1.82) is 0 Å². The zero-order valence-corrected chi connectivity index (χ0v) is 10.9. The summed E-state index contributed by atoms with van der Waals surface area (Å²) in [5.74, 6) is 0. The summed E-state index contributed by atoms with van der Waals surface area (Å²) in [5, 5.41) is 0.607. The Morgan fingerprint density at radius 3 is 2.16 bits per heavy atom. The van der Waals surface area contributed by atoms with Crippen LogP contribution in [0, 0.1) is 0 Å². The third-order valence-corrected chi connectivity index (χ3v) is 4.25. The van der Waals surface area contributed by atoms with Gasteiger partial charge >= 0.3 is 0 Å². The first-order valence-electron chi connectivity index (χ1n) is 4.86. The van der Waals surface area contributed by atoms with E-state index in [0.717, 1.165) is 18.2 Å². The first kappa shape index (κ1) is 13.7. The van der Waals surface area contributed by atoms with Crippen LogP contribution in [-0.2, 0) is 20.2 Å².